The van der Waals surface area contributed by atoms with Gasteiger partial charge in [0.2, 0.25) is 0 Å². The topological polar surface area (TPSA) is 39.7 Å². The van der Waals surface area contributed by atoms with E-state index in [2.05, 4.69) is 17.1 Å². The van der Waals surface area contributed by atoms with Gasteiger partial charge >= 0.3 is 5.84 Å². The van der Waals surface area contributed by atoms with Crippen molar-refractivity contribution in [3.63, 3.8) is 0 Å². The van der Waals surface area contributed by atoms with Gasteiger partial charge < -0.3 is 9.15 Å². The van der Waals surface area contributed by atoms with Crippen molar-refractivity contribution in [3.05, 3.63) is 97.4 Å². The van der Waals surface area contributed by atoms with E-state index in [4.69, 9.17) is 9.15 Å². The van der Waals surface area contributed by atoms with Gasteiger partial charge in [0.1, 0.15) is 23.5 Å². The number of benzene rings is 3. The summed E-state index contributed by atoms with van der Waals surface area (Å²) in [6.07, 6.45) is 3.53. The van der Waals surface area contributed by atoms with Gasteiger partial charge in [-0.3, -0.25) is 4.40 Å². The molecule has 0 radical (unpaired) electrons. The van der Waals surface area contributed by atoms with Crippen LogP contribution in [-0.2, 0) is 0 Å². The summed E-state index contributed by atoms with van der Waals surface area (Å²) >= 11 is 0. The number of hydrogen-bond acceptors (Lipinski definition) is 3. The molecule has 0 fully saturated rings. The summed E-state index contributed by atoms with van der Waals surface area (Å²) in [4.78, 5) is 4.67. The van der Waals surface area contributed by atoms with Crippen molar-refractivity contribution >= 4 is 5.84 Å². The average molecular weight is 352 g/mol. The largest absolute Gasteiger partial charge is 0.457 e. The van der Waals surface area contributed by atoms with Gasteiger partial charge in [-0.2, -0.15) is 4.98 Å². The second kappa shape index (κ2) is 6.50. The fraction of sp³-hybridized carbons (Fsp3) is 0. The molecule has 5 rings (SSSR count). The minimum atomic E-state index is 0.577. The molecule has 0 saturated heterocycles. The Kier molecular flexibility index (Phi) is 3.72. The number of ether oxygens (including phenoxy) is 1. The predicted octanol–water partition coefficient (Wildman–Crippen LogP) is 6.05. The molecular weight excluding hydrogens is 336 g/mol. The number of rotatable bonds is 4. The van der Waals surface area contributed by atoms with Crippen molar-refractivity contribution in [2.24, 2.45) is 0 Å². The molecule has 0 amide bonds. The molecule has 2 heterocycles. The van der Waals surface area contributed by atoms with E-state index in [-0.39, 0.29) is 0 Å². The highest BCUT2D eigenvalue weighted by Gasteiger charge is 2.17. The molecule has 4 heteroatoms. The van der Waals surface area contributed by atoms with Gasteiger partial charge in [-0.25, -0.2) is 0 Å². The summed E-state index contributed by atoms with van der Waals surface area (Å²) < 4.78 is 13.4. The molecule has 0 bridgehead atoms. The molecule has 0 aliphatic carbocycles. The van der Waals surface area contributed by atoms with Crippen molar-refractivity contribution in [1.82, 2.24) is 9.38 Å². The Bertz CT molecular complexity index is 1170. The first kappa shape index (κ1) is 15.5. The Labute approximate surface area is 156 Å². The molecular formula is C23H16N2O2. The predicted molar refractivity (Wildman–Crippen MR) is 105 cm³/mol. The zero-order valence-electron chi connectivity index (χ0n) is 14.4. The third kappa shape index (κ3) is 2.87. The lowest BCUT2D eigenvalue weighted by Crippen LogP contribution is -1.88. The zero-order valence-corrected chi connectivity index (χ0v) is 14.4. The third-order valence-corrected chi connectivity index (χ3v) is 4.42. The number of para-hydroxylation sites is 1. The lowest BCUT2D eigenvalue weighted by Gasteiger charge is -2.08. The minimum absolute atomic E-state index is 0.577. The fourth-order valence-corrected chi connectivity index (χ4v) is 3.16. The molecule has 0 unspecified atom stereocenters. The van der Waals surface area contributed by atoms with Crippen molar-refractivity contribution in [2.75, 3.05) is 0 Å². The lowest BCUT2D eigenvalue weighted by molar-refractivity contribution is 0.483. The van der Waals surface area contributed by atoms with Crippen LogP contribution in [0.3, 0.4) is 0 Å². The van der Waals surface area contributed by atoms with Crippen molar-refractivity contribution in [3.8, 4) is 34.0 Å². The van der Waals surface area contributed by atoms with Gasteiger partial charge in [-0.15, -0.1) is 0 Å². The van der Waals surface area contributed by atoms with Gasteiger partial charge in [-0.1, -0.05) is 48.5 Å². The Morgan fingerprint density at radius 1 is 0.704 bits per heavy atom. The van der Waals surface area contributed by atoms with Crippen LogP contribution in [0.2, 0.25) is 0 Å². The van der Waals surface area contributed by atoms with Crippen LogP contribution in [-0.4, -0.2) is 9.38 Å². The first-order chi connectivity index (χ1) is 13.4. The minimum Gasteiger partial charge on any atom is -0.457 e. The Morgan fingerprint density at radius 3 is 2.11 bits per heavy atom. The van der Waals surface area contributed by atoms with Crippen molar-refractivity contribution in [2.45, 2.75) is 0 Å². The number of oxazole rings is 1. The van der Waals surface area contributed by atoms with Crippen LogP contribution >= 0.6 is 0 Å². The summed E-state index contributed by atoms with van der Waals surface area (Å²) in [6.45, 7) is 0. The molecule has 0 aliphatic heterocycles. The van der Waals surface area contributed by atoms with Crippen LogP contribution in [0.15, 0.2) is 102 Å². The Balaban J connectivity index is 1.56. The summed E-state index contributed by atoms with van der Waals surface area (Å²) in [7, 11) is 0. The lowest BCUT2D eigenvalue weighted by atomic mass is 10.0. The molecule has 3 aromatic carbocycles. The first-order valence-corrected chi connectivity index (χ1v) is 8.73. The number of fused-ring (bicyclic) bond motifs is 1. The molecule has 0 atom stereocenters. The van der Waals surface area contributed by atoms with Crippen LogP contribution in [0.25, 0.3) is 28.4 Å². The number of imidazole rings is 1. The summed E-state index contributed by atoms with van der Waals surface area (Å²) in [6, 6.07) is 27.9. The standard InChI is InChI=1S/C23H16N2O2/c1-3-7-17(8-4-1)21-22(25-15-16-26-23(25)24-21)18-11-13-20(14-12-18)27-19-9-5-2-6-10-19/h1-16H. The van der Waals surface area contributed by atoms with Gasteiger partial charge in [0.25, 0.3) is 0 Å². The van der Waals surface area contributed by atoms with E-state index in [0.717, 1.165) is 34.0 Å². The highest BCUT2D eigenvalue weighted by atomic mass is 16.5. The first-order valence-electron chi connectivity index (χ1n) is 8.73. The normalized spacial score (nSPS) is 11.0. The maximum absolute atomic E-state index is 5.90. The van der Waals surface area contributed by atoms with Gasteiger partial charge in [0.15, 0.2) is 0 Å². The maximum Gasteiger partial charge on any atom is 0.306 e. The molecule has 4 nitrogen and oxygen atoms in total. The van der Waals surface area contributed by atoms with Crippen LogP contribution < -0.4 is 4.74 Å². The second-order valence-electron chi connectivity index (χ2n) is 6.17. The summed E-state index contributed by atoms with van der Waals surface area (Å²) in [5.41, 5.74) is 3.99. The highest BCUT2D eigenvalue weighted by molar-refractivity contribution is 5.81. The van der Waals surface area contributed by atoms with Crippen LogP contribution in [0.4, 0.5) is 0 Å². The molecule has 0 saturated carbocycles. The molecule has 2 aromatic heterocycles. The molecule has 27 heavy (non-hydrogen) atoms. The zero-order chi connectivity index (χ0) is 18.1. The van der Waals surface area contributed by atoms with Crippen LogP contribution in [0, 0.1) is 0 Å². The monoisotopic (exact) mass is 352 g/mol. The molecule has 0 aliphatic rings. The van der Waals surface area contributed by atoms with E-state index >= 15 is 0 Å². The SMILES string of the molecule is c1ccc(Oc2ccc(-c3c(-c4ccccc4)nc4occn34)cc2)cc1. The quantitative estimate of drug-likeness (QED) is 0.395. The summed E-state index contributed by atoms with van der Waals surface area (Å²) in [5.74, 6) is 2.18. The van der Waals surface area contributed by atoms with Gasteiger partial charge in [-0.05, 0) is 36.4 Å². The highest BCUT2D eigenvalue weighted by Crippen LogP contribution is 2.34. The molecule has 130 valence electrons. The number of aromatic nitrogens is 2. The fourth-order valence-electron chi connectivity index (χ4n) is 3.16. The maximum atomic E-state index is 5.90. The van der Waals surface area contributed by atoms with Crippen LogP contribution in [0.1, 0.15) is 0 Å². The second-order valence-corrected chi connectivity index (χ2v) is 6.17. The van der Waals surface area contributed by atoms with Crippen molar-refractivity contribution in [1.29, 1.82) is 0 Å². The van der Waals surface area contributed by atoms with E-state index in [0.29, 0.717) is 5.84 Å². The van der Waals surface area contributed by atoms with Gasteiger partial charge in [0.05, 0.1) is 5.69 Å². The van der Waals surface area contributed by atoms with Gasteiger partial charge in [0, 0.05) is 17.3 Å². The molecule has 5 aromatic rings. The van der Waals surface area contributed by atoms with E-state index in [1.54, 1.807) is 6.26 Å². The Morgan fingerprint density at radius 2 is 1.37 bits per heavy atom. The Hall–Kier alpha value is -3.79. The van der Waals surface area contributed by atoms with Crippen molar-refractivity contribution < 1.29 is 9.15 Å². The molecule has 0 N–H and O–H groups in total. The van der Waals surface area contributed by atoms with E-state index < -0.39 is 0 Å². The van der Waals surface area contributed by atoms with E-state index in [9.17, 15) is 0 Å². The average Bonchev–Trinajstić information content (AvgIpc) is 3.31. The number of nitrogens with zero attached hydrogens (tertiary/aromatic N) is 2. The van der Waals surface area contributed by atoms with Crippen LogP contribution in [0.5, 0.6) is 11.5 Å². The van der Waals surface area contributed by atoms with E-state index in [1.165, 1.54) is 0 Å². The molecule has 0 spiro atoms. The smallest absolute Gasteiger partial charge is 0.306 e. The summed E-state index contributed by atoms with van der Waals surface area (Å²) in [5, 5.41) is 0. The third-order valence-electron chi connectivity index (χ3n) is 4.42. The van der Waals surface area contributed by atoms with E-state index in [1.807, 2.05) is 83.4 Å². The number of hydrogen-bond donors (Lipinski definition) is 0.